The Morgan fingerprint density at radius 2 is 1.25 bits per heavy atom. The second-order valence-electron chi connectivity index (χ2n) is 5.55. The molecule has 0 N–H and O–H groups in total. The molecule has 0 unspecified atom stereocenters. The molecule has 0 rings (SSSR count). The first kappa shape index (κ1) is 16.4. The lowest BCUT2D eigenvalue weighted by molar-refractivity contribution is -0.890. The molecule has 16 heavy (non-hydrogen) atoms. The van der Waals surface area contributed by atoms with Crippen molar-refractivity contribution in [3.8, 4) is 0 Å². The second-order valence-corrected chi connectivity index (χ2v) is 6.34. The fourth-order valence-corrected chi connectivity index (χ4v) is 2.35. The third-order valence-corrected chi connectivity index (χ3v) is 3.82. The lowest BCUT2D eigenvalue weighted by Crippen LogP contribution is -2.41. The Kier molecular flexibility index (Phi) is 10.9. The van der Waals surface area contributed by atoms with Gasteiger partial charge >= 0.3 is 0 Å². The van der Waals surface area contributed by atoms with E-state index in [0.29, 0.717) is 0 Å². The highest BCUT2D eigenvalue weighted by Crippen LogP contribution is 2.09. The summed E-state index contributed by atoms with van der Waals surface area (Å²) in [5.41, 5.74) is 0. The molecule has 98 valence electrons. The molecule has 0 aromatic rings. The van der Waals surface area contributed by atoms with E-state index in [9.17, 15) is 0 Å². The molecule has 0 bridgehead atoms. The van der Waals surface area contributed by atoms with Crippen molar-refractivity contribution in [1.82, 2.24) is 0 Å². The highest BCUT2D eigenvalue weighted by Gasteiger charge is 2.12. The molecule has 0 saturated heterocycles. The van der Waals surface area contributed by atoms with Gasteiger partial charge in [0.2, 0.25) is 0 Å². The van der Waals surface area contributed by atoms with Crippen LogP contribution in [0.3, 0.4) is 0 Å². The van der Waals surface area contributed by atoms with Gasteiger partial charge < -0.3 is 4.48 Å². The normalized spacial score (nSPS) is 12.0. The molecule has 0 aromatic carbocycles. The van der Waals surface area contributed by atoms with Gasteiger partial charge in [0.15, 0.2) is 0 Å². The first-order valence-corrected chi connectivity index (χ1v) is 8.12. The standard InChI is InChI=1S/C14H31BrN/c1-4-5-6-7-8-9-10-13-16(2,3)14-11-12-15/h4-14H2,1-3H3/q+1. The van der Waals surface area contributed by atoms with Gasteiger partial charge in [0.25, 0.3) is 0 Å². The number of unbranched alkanes of at least 4 members (excludes halogenated alkanes) is 6. The Hall–Kier alpha value is 0.440. The van der Waals surface area contributed by atoms with E-state index in [4.69, 9.17) is 0 Å². The van der Waals surface area contributed by atoms with Crippen LogP contribution in [0.1, 0.15) is 58.3 Å². The van der Waals surface area contributed by atoms with Gasteiger partial charge in [-0.25, -0.2) is 0 Å². The van der Waals surface area contributed by atoms with Crippen molar-refractivity contribution < 1.29 is 4.48 Å². The van der Waals surface area contributed by atoms with Crippen molar-refractivity contribution in [2.75, 3.05) is 32.5 Å². The largest absolute Gasteiger partial charge is 0.328 e. The van der Waals surface area contributed by atoms with Gasteiger partial charge in [-0.15, -0.1) is 0 Å². The predicted octanol–water partition coefficient (Wildman–Crippen LogP) is 4.60. The van der Waals surface area contributed by atoms with Crippen LogP contribution in [0.25, 0.3) is 0 Å². The van der Waals surface area contributed by atoms with Crippen LogP contribution in [0.15, 0.2) is 0 Å². The summed E-state index contributed by atoms with van der Waals surface area (Å²) >= 11 is 3.51. The zero-order valence-corrected chi connectivity index (χ0v) is 13.2. The Morgan fingerprint density at radius 1 is 0.750 bits per heavy atom. The molecule has 0 atom stereocenters. The highest BCUT2D eigenvalue weighted by molar-refractivity contribution is 9.09. The van der Waals surface area contributed by atoms with Crippen LogP contribution in [-0.2, 0) is 0 Å². The molecule has 0 radical (unpaired) electrons. The van der Waals surface area contributed by atoms with E-state index in [1.165, 1.54) is 68.9 Å². The fraction of sp³-hybridized carbons (Fsp3) is 1.00. The molecule has 0 heterocycles. The quantitative estimate of drug-likeness (QED) is 0.297. The molecular weight excluding hydrogens is 262 g/mol. The summed E-state index contributed by atoms with van der Waals surface area (Å²) in [5, 5.41) is 1.14. The van der Waals surface area contributed by atoms with E-state index >= 15 is 0 Å². The highest BCUT2D eigenvalue weighted by atomic mass is 79.9. The summed E-state index contributed by atoms with van der Waals surface area (Å²) in [4.78, 5) is 0. The maximum atomic E-state index is 3.51. The number of hydrogen-bond donors (Lipinski definition) is 0. The fourth-order valence-electron chi connectivity index (χ4n) is 2.10. The molecule has 0 aliphatic carbocycles. The van der Waals surface area contributed by atoms with Crippen LogP contribution in [0.4, 0.5) is 0 Å². The van der Waals surface area contributed by atoms with Crippen LogP contribution in [0, 0.1) is 0 Å². The lowest BCUT2D eigenvalue weighted by Gasteiger charge is -2.29. The summed E-state index contributed by atoms with van der Waals surface area (Å²) < 4.78 is 1.20. The number of nitrogens with zero attached hydrogens (tertiary/aromatic N) is 1. The average Bonchev–Trinajstić information content (AvgIpc) is 2.25. The summed E-state index contributed by atoms with van der Waals surface area (Å²) in [6.07, 6.45) is 11.2. The van der Waals surface area contributed by atoms with Crippen molar-refractivity contribution in [2.45, 2.75) is 58.3 Å². The number of halogens is 1. The van der Waals surface area contributed by atoms with Crippen molar-refractivity contribution in [1.29, 1.82) is 0 Å². The monoisotopic (exact) mass is 292 g/mol. The molecule has 0 fully saturated rings. The molecule has 0 amide bonds. The van der Waals surface area contributed by atoms with Gasteiger partial charge in [0, 0.05) is 11.8 Å². The maximum absolute atomic E-state index is 3.51. The van der Waals surface area contributed by atoms with Crippen LogP contribution >= 0.6 is 15.9 Å². The van der Waals surface area contributed by atoms with Crippen molar-refractivity contribution in [3.63, 3.8) is 0 Å². The zero-order chi connectivity index (χ0) is 12.3. The Balaban J connectivity index is 3.29. The Labute approximate surface area is 111 Å². The Morgan fingerprint density at radius 3 is 1.81 bits per heavy atom. The summed E-state index contributed by atoms with van der Waals surface area (Å²) in [6, 6.07) is 0. The SMILES string of the molecule is CCCCCCCCC[N+](C)(C)CCCBr. The van der Waals surface area contributed by atoms with Crippen LogP contribution < -0.4 is 0 Å². The second kappa shape index (κ2) is 10.6. The Bertz CT molecular complexity index is 146. The number of hydrogen-bond acceptors (Lipinski definition) is 0. The predicted molar refractivity (Wildman–Crippen MR) is 78.2 cm³/mol. The van der Waals surface area contributed by atoms with Gasteiger partial charge in [-0.05, 0) is 12.8 Å². The minimum absolute atomic E-state index is 1.14. The molecule has 0 spiro atoms. The summed E-state index contributed by atoms with van der Waals surface area (Å²) in [5.74, 6) is 0. The summed E-state index contributed by atoms with van der Waals surface area (Å²) in [7, 11) is 4.72. The van der Waals surface area contributed by atoms with Gasteiger partial charge in [0.05, 0.1) is 27.2 Å². The van der Waals surface area contributed by atoms with E-state index in [2.05, 4.69) is 36.9 Å². The van der Waals surface area contributed by atoms with Gasteiger partial charge in [-0.3, -0.25) is 0 Å². The van der Waals surface area contributed by atoms with E-state index in [1.807, 2.05) is 0 Å². The maximum Gasteiger partial charge on any atom is 0.0790 e. The molecule has 1 nitrogen and oxygen atoms in total. The lowest BCUT2D eigenvalue weighted by atomic mass is 10.1. The van der Waals surface area contributed by atoms with Crippen LogP contribution in [0.5, 0.6) is 0 Å². The summed E-state index contributed by atoms with van der Waals surface area (Å²) in [6.45, 7) is 4.94. The average molecular weight is 293 g/mol. The van der Waals surface area contributed by atoms with Gasteiger partial charge in [0.1, 0.15) is 0 Å². The molecule has 0 aromatic heterocycles. The van der Waals surface area contributed by atoms with E-state index in [0.717, 1.165) is 5.33 Å². The third kappa shape index (κ3) is 10.9. The van der Waals surface area contributed by atoms with Crippen LogP contribution in [-0.4, -0.2) is 37.0 Å². The topological polar surface area (TPSA) is 0 Å². The smallest absolute Gasteiger partial charge is 0.0790 e. The van der Waals surface area contributed by atoms with Gasteiger partial charge in [-0.2, -0.15) is 0 Å². The number of rotatable bonds is 11. The van der Waals surface area contributed by atoms with Crippen LogP contribution in [0.2, 0.25) is 0 Å². The molecule has 0 saturated carbocycles. The number of alkyl halides is 1. The molecule has 0 aliphatic heterocycles. The first-order valence-electron chi connectivity index (χ1n) is 7.00. The van der Waals surface area contributed by atoms with E-state index < -0.39 is 0 Å². The first-order chi connectivity index (χ1) is 7.62. The van der Waals surface area contributed by atoms with Crippen molar-refractivity contribution >= 4 is 15.9 Å². The molecule has 2 heteroatoms. The molecular formula is C14H31BrN+. The van der Waals surface area contributed by atoms with Crippen molar-refractivity contribution in [2.24, 2.45) is 0 Å². The molecule has 0 aliphatic rings. The minimum atomic E-state index is 1.14. The third-order valence-electron chi connectivity index (χ3n) is 3.26. The minimum Gasteiger partial charge on any atom is -0.328 e. The van der Waals surface area contributed by atoms with E-state index in [1.54, 1.807) is 0 Å². The van der Waals surface area contributed by atoms with E-state index in [-0.39, 0.29) is 0 Å². The van der Waals surface area contributed by atoms with Crippen molar-refractivity contribution in [3.05, 3.63) is 0 Å². The number of quaternary nitrogens is 1. The zero-order valence-electron chi connectivity index (χ0n) is 11.6. The van der Waals surface area contributed by atoms with Gasteiger partial charge in [-0.1, -0.05) is 55.0 Å².